The highest BCUT2D eigenvalue weighted by Crippen LogP contribution is 2.10. The van der Waals surface area contributed by atoms with Gasteiger partial charge in [0.05, 0.1) is 12.8 Å². The molecule has 0 heterocycles. The summed E-state index contributed by atoms with van der Waals surface area (Å²) in [6.07, 6.45) is -0.271. The summed E-state index contributed by atoms with van der Waals surface area (Å²) in [4.78, 5) is 20.9. The topological polar surface area (TPSA) is 74.6 Å². The van der Waals surface area contributed by atoms with Gasteiger partial charge in [0.15, 0.2) is 0 Å². The molecule has 0 saturated carbocycles. The quantitative estimate of drug-likeness (QED) is 0.819. The molecule has 1 rings (SSSR count). The first-order valence-electron chi connectivity index (χ1n) is 5.10. The molecule has 0 saturated heterocycles. The van der Waals surface area contributed by atoms with E-state index in [0.29, 0.717) is 11.1 Å². The van der Waals surface area contributed by atoms with Crippen molar-refractivity contribution in [3.8, 4) is 0 Å². The summed E-state index contributed by atoms with van der Waals surface area (Å²) in [5.41, 5.74) is 1.12. The van der Waals surface area contributed by atoms with Gasteiger partial charge in [0.2, 0.25) is 0 Å². The van der Waals surface area contributed by atoms with Gasteiger partial charge in [-0.1, -0.05) is 38.1 Å². The minimum Gasteiger partial charge on any atom is -0.481 e. The summed E-state index contributed by atoms with van der Waals surface area (Å²) < 4.78 is 0. The summed E-state index contributed by atoms with van der Waals surface area (Å²) in [6.45, 7) is 4.00. The highest BCUT2D eigenvalue weighted by atomic mass is 16.4. The molecule has 0 fully saturated rings. The van der Waals surface area contributed by atoms with E-state index in [-0.39, 0.29) is 12.8 Å². The van der Waals surface area contributed by atoms with E-state index in [1.54, 1.807) is 24.3 Å². The molecule has 16 heavy (non-hydrogen) atoms. The van der Waals surface area contributed by atoms with E-state index in [9.17, 15) is 9.59 Å². The summed E-state index contributed by atoms with van der Waals surface area (Å²) in [5.74, 6) is -1.91. The highest BCUT2D eigenvalue weighted by molar-refractivity contribution is 5.74. The predicted octanol–water partition coefficient (Wildman–Crippen LogP) is 1.97. The number of carboxylic acids is 2. The fourth-order valence-corrected chi connectivity index (χ4v) is 1.23. The Morgan fingerprint density at radius 3 is 1.50 bits per heavy atom. The van der Waals surface area contributed by atoms with Crippen molar-refractivity contribution in [3.63, 3.8) is 0 Å². The Hall–Kier alpha value is -1.84. The maximum atomic E-state index is 10.5. The highest BCUT2D eigenvalue weighted by Gasteiger charge is 2.08. The Kier molecular flexibility index (Phi) is 6.59. The second-order valence-electron chi connectivity index (χ2n) is 2.91. The van der Waals surface area contributed by atoms with Crippen molar-refractivity contribution >= 4 is 11.9 Å². The SMILES string of the molecule is CC.O=C(O)Cc1ccccc1CC(=O)O. The Labute approximate surface area is 94.5 Å². The van der Waals surface area contributed by atoms with Crippen LogP contribution in [0.5, 0.6) is 0 Å². The van der Waals surface area contributed by atoms with Gasteiger partial charge in [0.1, 0.15) is 0 Å². The Morgan fingerprint density at radius 2 is 1.25 bits per heavy atom. The maximum absolute atomic E-state index is 10.5. The first kappa shape index (κ1) is 14.2. The monoisotopic (exact) mass is 224 g/mol. The summed E-state index contributed by atoms with van der Waals surface area (Å²) in [6, 6.07) is 6.66. The van der Waals surface area contributed by atoms with Crippen LogP contribution in [0, 0.1) is 0 Å². The molecule has 0 aliphatic rings. The number of benzene rings is 1. The molecule has 0 aliphatic carbocycles. The van der Waals surface area contributed by atoms with E-state index >= 15 is 0 Å². The molecule has 1 aromatic rings. The molecule has 0 aromatic heterocycles. The van der Waals surface area contributed by atoms with Crippen LogP contribution in [-0.4, -0.2) is 22.2 Å². The van der Waals surface area contributed by atoms with Crippen LogP contribution in [0.4, 0.5) is 0 Å². The molecule has 1 aromatic carbocycles. The van der Waals surface area contributed by atoms with Crippen LogP contribution in [-0.2, 0) is 22.4 Å². The van der Waals surface area contributed by atoms with Crippen molar-refractivity contribution in [3.05, 3.63) is 35.4 Å². The van der Waals surface area contributed by atoms with Crippen molar-refractivity contribution in [2.24, 2.45) is 0 Å². The van der Waals surface area contributed by atoms with Gasteiger partial charge >= 0.3 is 11.9 Å². The molecule has 0 spiro atoms. The Bertz CT molecular complexity index is 323. The van der Waals surface area contributed by atoms with Crippen molar-refractivity contribution in [2.45, 2.75) is 26.7 Å². The molecule has 0 aliphatic heterocycles. The van der Waals surface area contributed by atoms with Crippen LogP contribution < -0.4 is 0 Å². The third-order valence-corrected chi connectivity index (χ3v) is 1.80. The second-order valence-corrected chi connectivity index (χ2v) is 2.91. The van der Waals surface area contributed by atoms with Gasteiger partial charge < -0.3 is 10.2 Å². The third-order valence-electron chi connectivity index (χ3n) is 1.80. The van der Waals surface area contributed by atoms with E-state index in [4.69, 9.17) is 10.2 Å². The lowest BCUT2D eigenvalue weighted by molar-refractivity contribution is -0.137. The number of hydrogen-bond acceptors (Lipinski definition) is 2. The van der Waals surface area contributed by atoms with Gasteiger partial charge in [-0.05, 0) is 11.1 Å². The van der Waals surface area contributed by atoms with Gasteiger partial charge in [0.25, 0.3) is 0 Å². The molecule has 2 N–H and O–H groups in total. The van der Waals surface area contributed by atoms with Gasteiger partial charge in [-0.2, -0.15) is 0 Å². The van der Waals surface area contributed by atoms with Crippen molar-refractivity contribution < 1.29 is 19.8 Å². The standard InChI is InChI=1S/C10H10O4.C2H6/c11-9(12)5-7-3-1-2-4-8(7)6-10(13)14;1-2/h1-4H,5-6H2,(H,11,12)(H,13,14);1-2H3. The Balaban J connectivity index is 0.00000106. The normalized spacial score (nSPS) is 8.88. The summed E-state index contributed by atoms with van der Waals surface area (Å²) in [5, 5.41) is 17.2. The average molecular weight is 224 g/mol. The van der Waals surface area contributed by atoms with Crippen LogP contribution in [0.15, 0.2) is 24.3 Å². The van der Waals surface area contributed by atoms with Crippen LogP contribution in [0.25, 0.3) is 0 Å². The number of hydrogen-bond donors (Lipinski definition) is 2. The zero-order valence-electron chi connectivity index (χ0n) is 9.43. The van der Waals surface area contributed by atoms with E-state index in [1.807, 2.05) is 13.8 Å². The van der Waals surface area contributed by atoms with Gasteiger partial charge in [0, 0.05) is 0 Å². The smallest absolute Gasteiger partial charge is 0.307 e. The van der Waals surface area contributed by atoms with Crippen LogP contribution in [0.2, 0.25) is 0 Å². The summed E-state index contributed by atoms with van der Waals surface area (Å²) >= 11 is 0. The first-order chi connectivity index (χ1) is 7.59. The number of rotatable bonds is 4. The fraction of sp³-hybridized carbons (Fsp3) is 0.333. The second kappa shape index (κ2) is 7.45. The molecular weight excluding hydrogens is 208 g/mol. The van der Waals surface area contributed by atoms with E-state index in [0.717, 1.165) is 0 Å². The van der Waals surface area contributed by atoms with E-state index in [2.05, 4.69) is 0 Å². The molecule has 0 amide bonds. The molecular formula is C12H16O4. The van der Waals surface area contributed by atoms with Crippen molar-refractivity contribution in [1.82, 2.24) is 0 Å². The first-order valence-corrected chi connectivity index (χ1v) is 5.10. The van der Waals surface area contributed by atoms with Crippen molar-refractivity contribution in [1.29, 1.82) is 0 Å². The number of carbonyl (C=O) groups is 2. The molecule has 0 unspecified atom stereocenters. The molecule has 0 radical (unpaired) electrons. The molecule has 4 heteroatoms. The van der Waals surface area contributed by atoms with E-state index in [1.165, 1.54) is 0 Å². The Morgan fingerprint density at radius 1 is 0.938 bits per heavy atom. The zero-order chi connectivity index (χ0) is 12.6. The number of carboxylic acid groups (broad SMARTS) is 2. The van der Waals surface area contributed by atoms with Gasteiger partial charge in [-0.15, -0.1) is 0 Å². The summed E-state index contributed by atoms with van der Waals surface area (Å²) in [7, 11) is 0. The third kappa shape index (κ3) is 5.14. The lowest BCUT2D eigenvalue weighted by Gasteiger charge is -2.04. The molecule has 0 atom stereocenters. The fourth-order valence-electron chi connectivity index (χ4n) is 1.23. The lowest BCUT2D eigenvalue weighted by Crippen LogP contribution is -2.07. The predicted molar refractivity (Wildman–Crippen MR) is 60.5 cm³/mol. The van der Waals surface area contributed by atoms with Crippen LogP contribution in [0.1, 0.15) is 25.0 Å². The van der Waals surface area contributed by atoms with Crippen molar-refractivity contribution in [2.75, 3.05) is 0 Å². The minimum absolute atomic E-state index is 0.135. The van der Waals surface area contributed by atoms with Crippen LogP contribution in [0.3, 0.4) is 0 Å². The van der Waals surface area contributed by atoms with E-state index < -0.39 is 11.9 Å². The minimum atomic E-state index is -0.956. The maximum Gasteiger partial charge on any atom is 0.307 e. The molecule has 88 valence electrons. The number of aliphatic carboxylic acids is 2. The zero-order valence-corrected chi connectivity index (χ0v) is 9.43. The van der Waals surface area contributed by atoms with Crippen LogP contribution >= 0.6 is 0 Å². The lowest BCUT2D eigenvalue weighted by atomic mass is 10.0. The van der Waals surface area contributed by atoms with Gasteiger partial charge in [-0.25, -0.2) is 0 Å². The molecule has 0 bridgehead atoms. The van der Waals surface area contributed by atoms with Gasteiger partial charge in [-0.3, -0.25) is 9.59 Å². The largest absolute Gasteiger partial charge is 0.481 e. The molecule has 4 nitrogen and oxygen atoms in total. The average Bonchev–Trinajstić information content (AvgIpc) is 2.22.